The Morgan fingerprint density at radius 3 is 3.00 bits per heavy atom. The molecule has 2 rings (SSSR count). The Balaban J connectivity index is 2.21. The van der Waals surface area contributed by atoms with Crippen molar-refractivity contribution in [2.24, 2.45) is 0 Å². The zero-order valence-corrected chi connectivity index (χ0v) is 9.48. The zero-order valence-electron chi connectivity index (χ0n) is 9.48. The number of likely N-dealkylation sites (tertiary alicyclic amines) is 1. The van der Waals surface area contributed by atoms with Crippen LogP contribution in [-0.4, -0.2) is 40.0 Å². The van der Waals surface area contributed by atoms with Crippen LogP contribution in [0.5, 0.6) is 0 Å². The molecule has 1 aliphatic rings. The molecule has 0 spiro atoms. The van der Waals surface area contributed by atoms with Gasteiger partial charge in [0.25, 0.3) is 0 Å². The molecule has 2 heterocycles. The fourth-order valence-corrected chi connectivity index (χ4v) is 2.33. The lowest BCUT2D eigenvalue weighted by Gasteiger charge is -2.21. The van der Waals surface area contributed by atoms with Crippen LogP contribution in [0.3, 0.4) is 0 Å². The van der Waals surface area contributed by atoms with Gasteiger partial charge in [-0.25, -0.2) is 0 Å². The molecule has 1 aromatic rings. The molecule has 0 aliphatic carbocycles. The van der Waals surface area contributed by atoms with Crippen molar-refractivity contribution in [3.8, 4) is 0 Å². The summed E-state index contributed by atoms with van der Waals surface area (Å²) in [7, 11) is 2.14. The smallest absolute Gasteiger partial charge is 0.104 e. The molecule has 84 valence electrons. The lowest BCUT2D eigenvalue weighted by molar-refractivity contribution is 0.217. The van der Waals surface area contributed by atoms with E-state index in [1.807, 2.05) is 6.20 Å². The third-order valence-electron chi connectivity index (χ3n) is 3.29. The van der Waals surface area contributed by atoms with Crippen LogP contribution in [-0.2, 0) is 6.42 Å². The van der Waals surface area contributed by atoms with Gasteiger partial charge in [0.15, 0.2) is 0 Å². The minimum Gasteiger partial charge on any atom is -0.396 e. The van der Waals surface area contributed by atoms with Crippen LogP contribution < -0.4 is 0 Å². The second-order valence-corrected chi connectivity index (χ2v) is 4.28. The minimum absolute atomic E-state index is 0.201. The number of aliphatic hydroxyl groups is 1. The summed E-state index contributed by atoms with van der Waals surface area (Å²) in [6.07, 6.45) is 5.44. The second-order valence-electron chi connectivity index (χ2n) is 4.28. The molecule has 1 unspecified atom stereocenters. The Kier molecular flexibility index (Phi) is 3.07. The van der Waals surface area contributed by atoms with Gasteiger partial charge in [-0.15, -0.1) is 0 Å². The highest BCUT2D eigenvalue weighted by molar-refractivity contribution is 5.17. The van der Waals surface area contributed by atoms with Crippen LogP contribution in [0.1, 0.15) is 30.3 Å². The number of hydrogen-bond donors (Lipinski definition) is 1. The topological polar surface area (TPSA) is 41.3 Å². The number of aliphatic hydroxyl groups excluding tert-OH is 1. The van der Waals surface area contributed by atoms with E-state index in [-0.39, 0.29) is 6.61 Å². The van der Waals surface area contributed by atoms with E-state index >= 15 is 0 Å². The van der Waals surface area contributed by atoms with Gasteiger partial charge >= 0.3 is 0 Å². The molecule has 4 heteroatoms. The van der Waals surface area contributed by atoms with E-state index in [1.165, 1.54) is 18.5 Å². The summed E-state index contributed by atoms with van der Waals surface area (Å²) in [5.74, 6) is 0. The fourth-order valence-electron chi connectivity index (χ4n) is 2.33. The third kappa shape index (κ3) is 1.92. The third-order valence-corrected chi connectivity index (χ3v) is 3.29. The van der Waals surface area contributed by atoms with Crippen molar-refractivity contribution in [3.05, 3.63) is 17.5 Å². The van der Waals surface area contributed by atoms with Crippen molar-refractivity contribution >= 4 is 0 Å². The Hall–Kier alpha value is -0.870. The summed E-state index contributed by atoms with van der Waals surface area (Å²) in [4.78, 5) is 2.34. The number of hydrogen-bond acceptors (Lipinski definition) is 3. The molecule has 15 heavy (non-hydrogen) atoms. The summed E-state index contributed by atoms with van der Waals surface area (Å²) in [5, 5.41) is 13.4. The Morgan fingerprint density at radius 1 is 1.60 bits per heavy atom. The van der Waals surface area contributed by atoms with Crippen molar-refractivity contribution in [2.75, 3.05) is 20.2 Å². The van der Waals surface area contributed by atoms with E-state index in [2.05, 4.69) is 28.7 Å². The first-order valence-electron chi connectivity index (χ1n) is 5.58. The van der Waals surface area contributed by atoms with Crippen LogP contribution in [0, 0.1) is 6.92 Å². The molecule has 0 aromatic carbocycles. The van der Waals surface area contributed by atoms with E-state index in [1.54, 1.807) is 0 Å². The molecule has 4 nitrogen and oxygen atoms in total. The highest BCUT2D eigenvalue weighted by Gasteiger charge is 2.24. The first kappa shape index (κ1) is 10.6. The molecule has 1 N–H and O–H groups in total. The van der Waals surface area contributed by atoms with E-state index < -0.39 is 0 Å². The van der Waals surface area contributed by atoms with Gasteiger partial charge in [-0.3, -0.25) is 9.58 Å². The van der Waals surface area contributed by atoms with Gasteiger partial charge in [0.05, 0.1) is 6.20 Å². The standard InChI is InChI=1S/C11H19N3O/c1-9-10(5-7-15)8-12-14(9)11-4-3-6-13(11)2/h8,11,15H,3-7H2,1-2H3. The Bertz CT molecular complexity index is 335. The molecule has 1 aromatic heterocycles. The normalized spacial score (nSPS) is 22.5. The Labute approximate surface area is 90.5 Å². The van der Waals surface area contributed by atoms with Crippen LogP contribution in [0.15, 0.2) is 6.20 Å². The van der Waals surface area contributed by atoms with Gasteiger partial charge in [-0.1, -0.05) is 0 Å². The van der Waals surface area contributed by atoms with Crippen molar-refractivity contribution in [3.63, 3.8) is 0 Å². The van der Waals surface area contributed by atoms with Gasteiger partial charge in [-0.05, 0) is 45.3 Å². The van der Waals surface area contributed by atoms with Crippen LogP contribution >= 0.6 is 0 Å². The van der Waals surface area contributed by atoms with Gasteiger partial charge in [0.1, 0.15) is 6.17 Å². The maximum Gasteiger partial charge on any atom is 0.104 e. The maximum absolute atomic E-state index is 8.92. The van der Waals surface area contributed by atoms with Crippen LogP contribution in [0.4, 0.5) is 0 Å². The monoisotopic (exact) mass is 209 g/mol. The molecule has 0 saturated carbocycles. The molecule has 0 radical (unpaired) electrons. The predicted octanol–water partition coefficient (Wildman–Crippen LogP) is 0.951. The van der Waals surface area contributed by atoms with Crippen molar-refractivity contribution in [1.82, 2.24) is 14.7 Å². The second kappa shape index (κ2) is 4.33. The van der Waals surface area contributed by atoms with Gasteiger partial charge < -0.3 is 5.11 Å². The highest BCUT2D eigenvalue weighted by Crippen LogP contribution is 2.26. The van der Waals surface area contributed by atoms with E-state index in [4.69, 9.17) is 5.11 Å². The SMILES string of the molecule is Cc1c(CCO)cnn1C1CCCN1C. The Morgan fingerprint density at radius 2 is 2.40 bits per heavy atom. The van der Waals surface area contributed by atoms with Gasteiger partial charge in [-0.2, -0.15) is 5.10 Å². The van der Waals surface area contributed by atoms with Gasteiger partial charge in [0.2, 0.25) is 0 Å². The van der Waals surface area contributed by atoms with Crippen molar-refractivity contribution in [1.29, 1.82) is 0 Å². The fraction of sp³-hybridized carbons (Fsp3) is 0.727. The lowest BCUT2D eigenvalue weighted by Crippen LogP contribution is -2.24. The first-order chi connectivity index (χ1) is 7.24. The average molecular weight is 209 g/mol. The number of nitrogens with zero attached hydrogens (tertiary/aromatic N) is 3. The predicted molar refractivity (Wildman–Crippen MR) is 58.7 cm³/mol. The van der Waals surface area contributed by atoms with Crippen LogP contribution in [0.25, 0.3) is 0 Å². The van der Waals surface area contributed by atoms with Gasteiger partial charge in [0, 0.05) is 12.3 Å². The average Bonchev–Trinajstić information content (AvgIpc) is 2.76. The summed E-state index contributed by atoms with van der Waals surface area (Å²) >= 11 is 0. The minimum atomic E-state index is 0.201. The molecule has 1 fully saturated rings. The zero-order chi connectivity index (χ0) is 10.8. The quantitative estimate of drug-likeness (QED) is 0.806. The summed E-state index contributed by atoms with van der Waals surface area (Å²) < 4.78 is 2.10. The van der Waals surface area contributed by atoms with Crippen LogP contribution in [0.2, 0.25) is 0 Å². The molecule has 0 bridgehead atoms. The van der Waals surface area contributed by atoms with E-state index in [0.29, 0.717) is 12.6 Å². The number of rotatable bonds is 3. The molecule has 1 atom stereocenters. The largest absolute Gasteiger partial charge is 0.396 e. The number of aromatic nitrogens is 2. The summed E-state index contributed by atoms with van der Waals surface area (Å²) in [6.45, 7) is 3.44. The molecular formula is C11H19N3O. The lowest BCUT2D eigenvalue weighted by atomic mass is 10.2. The molecule has 1 saturated heterocycles. The summed E-state index contributed by atoms with van der Waals surface area (Å²) in [5.41, 5.74) is 2.36. The van der Waals surface area contributed by atoms with E-state index in [0.717, 1.165) is 12.1 Å². The van der Waals surface area contributed by atoms with E-state index in [9.17, 15) is 0 Å². The molecular weight excluding hydrogens is 190 g/mol. The maximum atomic E-state index is 8.92. The van der Waals surface area contributed by atoms with Crippen molar-refractivity contribution < 1.29 is 5.11 Å². The first-order valence-corrected chi connectivity index (χ1v) is 5.58. The van der Waals surface area contributed by atoms with Crippen molar-refractivity contribution in [2.45, 2.75) is 32.4 Å². The highest BCUT2D eigenvalue weighted by atomic mass is 16.2. The summed E-state index contributed by atoms with van der Waals surface area (Å²) in [6, 6.07) is 0. The molecule has 1 aliphatic heterocycles. The molecule has 0 amide bonds.